The van der Waals surface area contributed by atoms with Gasteiger partial charge in [0.15, 0.2) is 6.10 Å². The SMILES string of the molecule is O=C(NCC[C@H](O)C(=O)OCc1ccccc1)OCc1ccccc1. The quantitative estimate of drug-likeness (QED) is 0.719. The van der Waals surface area contributed by atoms with Crippen LogP contribution < -0.4 is 5.32 Å². The number of esters is 1. The molecule has 132 valence electrons. The lowest BCUT2D eigenvalue weighted by Crippen LogP contribution is -2.31. The van der Waals surface area contributed by atoms with Crippen LogP contribution in [0.15, 0.2) is 60.7 Å². The molecule has 0 unspecified atom stereocenters. The van der Waals surface area contributed by atoms with Crippen LogP contribution in [0, 0.1) is 0 Å². The van der Waals surface area contributed by atoms with Gasteiger partial charge >= 0.3 is 12.1 Å². The van der Waals surface area contributed by atoms with Crippen LogP contribution in [0.1, 0.15) is 17.5 Å². The van der Waals surface area contributed by atoms with E-state index < -0.39 is 18.2 Å². The molecule has 0 aliphatic heterocycles. The van der Waals surface area contributed by atoms with Crippen molar-refractivity contribution in [3.63, 3.8) is 0 Å². The fourth-order valence-electron chi connectivity index (χ4n) is 2.03. The van der Waals surface area contributed by atoms with Gasteiger partial charge in [-0.3, -0.25) is 0 Å². The van der Waals surface area contributed by atoms with Gasteiger partial charge in [0.1, 0.15) is 13.2 Å². The van der Waals surface area contributed by atoms with Gasteiger partial charge in [-0.2, -0.15) is 0 Å². The smallest absolute Gasteiger partial charge is 0.407 e. The van der Waals surface area contributed by atoms with Gasteiger partial charge in [0.05, 0.1) is 0 Å². The summed E-state index contributed by atoms with van der Waals surface area (Å²) in [6.07, 6.45) is -1.85. The highest BCUT2D eigenvalue weighted by Crippen LogP contribution is 2.03. The Morgan fingerprint density at radius 2 is 1.40 bits per heavy atom. The van der Waals surface area contributed by atoms with Crippen molar-refractivity contribution in [3.8, 4) is 0 Å². The summed E-state index contributed by atoms with van der Waals surface area (Å²) >= 11 is 0. The summed E-state index contributed by atoms with van der Waals surface area (Å²) in [7, 11) is 0. The van der Waals surface area contributed by atoms with E-state index in [0.717, 1.165) is 11.1 Å². The molecule has 0 saturated carbocycles. The zero-order valence-corrected chi connectivity index (χ0v) is 13.8. The van der Waals surface area contributed by atoms with Gasteiger partial charge in [-0.15, -0.1) is 0 Å². The molecule has 0 aliphatic carbocycles. The molecule has 2 N–H and O–H groups in total. The molecule has 0 fully saturated rings. The summed E-state index contributed by atoms with van der Waals surface area (Å²) in [5.74, 6) is -0.719. The Bertz CT molecular complexity index is 660. The second-order valence-corrected chi connectivity index (χ2v) is 5.39. The lowest BCUT2D eigenvalue weighted by atomic mass is 10.2. The number of aliphatic hydroxyl groups is 1. The van der Waals surface area contributed by atoms with Crippen molar-refractivity contribution in [2.75, 3.05) is 6.54 Å². The van der Waals surface area contributed by atoms with Crippen LogP contribution in [0.25, 0.3) is 0 Å². The number of aliphatic hydroxyl groups excluding tert-OH is 1. The fourth-order valence-corrected chi connectivity index (χ4v) is 2.03. The zero-order chi connectivity index (χ0) is 17.9. The molecule has 0 bridgehead atoms. The first-order chi connectivity index (χ1) is 12.1. The van der Waals surface area contributed by atoms with Crippen LogP contribution >= 0.6 is 0 Å². The summed E-state index contributed by atoms with van der Waals surface area (Å²) in [5, 5.41) is 12.2. The van der Waals surface area contributed by atoms with Crippen molar-refractivity contribution in [2.24, 2.45) is 0 Å². The van der Waals surface area contributed by atoms with E-state index in [-0.39, 0.29) is 26.2 Å². The molecule has 1 atom stereocenters. The molecule has 2 aromatic rings. The molecule has 6 heteroatoms. The first-order valence-electron chi connectivity index (χ1n) is 7.98. The molecular formula is C19H21NO5. The largest absolute Gasteiger partial charge is 0.459 e. The average Bonchev–Trinajstić information content (AvgIpc) is 2.66. The van der Waals surface area contributed by atoms with Gasteiger partial charge in [0.2, 0.25) is 0 Å². The first-order valence-corrected chi connectivity index (χ1v) is 7.98. The Balaban J connectivity index is 1.60. The molecule has 0 aliphatic rings. The van der Waals surface area contributed by atoms with E-state index in [0.29, 0.717) is 0 Å². The highest BCUT2D eigenvalue weighted by Gasteiger charge is 2.17. The average molecular weight is 343 g/mol. The minimum atomic E-state index is -1.29. The molecule has 0 spiro atoms. The molecule has 0 aromatic heterocycles. The van der Waals surface area contributed by atoms with Gasteiger partial charge in [-0.05, 0) is 11.1 Å². The number of hydrogen-bond acceptors (Lipinski definition) is 5. The lowest BCUT2D eigenvalue weighted by molar-refractivity contribution is -0.155. The highest BCUT2D eigenvalue weighted by molar-refractivity contribution is 5.74. The number of ether oxygens (including phenoxy) is 2. The molecular weight excluding hydrogens is 322 g/mol. The maximum absolute atomic E-state index is 11.7. The first kappa shape index (κ1) is 18.5. The third-order valence-corrected chi connectivity index (χ3v) is 3.40. The topological polar surface area (TPSA) is 84.9 Å². The van der Waals surface area contributed by atoms with E-state index in [1.54, 1.807) is 0 Å². The number of rotatable bonds is 8. The number of hydrogen-bond donors (Lipinski definition) is 2. The maximum Gasteiger partial charge on any atom is 0.407 e. The maximum atomic E-state index is 11.7. The van der Waals surface area contributed by atoms with E-state index in [1.807, 2.05) is 60.7 Å². The third-order valence-electron chi connectivity index (χ3n) is 3.40. The standard InChI is InChI=1S/C19H21NO5/c21-17(18(22)24-13-15-7-3-1-4-8-15)11-12-20-19(23)25-14-16-9-5-2-6-10-16/h1-10,17,21H,11-14H2,(H,20,23)/t17-/m0/s1. The van der Waals surface area contributed by atoms with Gasteiger partial charge < -0.3 is 19.9 Å². The summed E-state index contributed by atoms with van der Waals surface area (Å²) in [6, 6.07) is 18.5. The lowest BCUT2D eigenvalue weighted by Gasteiger charge is -2.11. The monoisotopic (exact) mass is 343 g/mol. The molecule has 2 rings (SSSR count). The Morgan fingerprint density at radius 3 is 1.96 bits per heavy atom. The second-order valence-electron chi connectivity index (χ2n) is 5.39. The van der Waals surface area contributed by atoms with E-state index in [4.69, 9.17) is 9.47 Å². The fraction of sp³-hybridized carbons (Fsp3) is 0.263. The minimum Gasteiger partial charge on any atom is -0.459 e. The van der Waals surface area contributed by atoms with Gasteiger partial charge in [0.25, 0.3) is 0 Å². The number of alkyl carbamates (subject to hydrolysis) is 1. The molecule has 0 saturated heterocycles. The van der Waals surface area contributed by atoms with Crippen molar-refractivity contribution >= 4 is 12.1 Å². The van der Waals surface area contributed by atoms with Crippen LogP contribution in [0.5, 0.6) is 0 Å². The van der Waals surface area contributed by atoms with Crippen LogP contribution in [0.2, 0.25) is 0 Å². The Labute approximate surface area is 146 Å². The number of nitrogens with one attached hydrogen (secondary N) is 1. The summed E-state index contributed by atoms with van der Waals surface area (Å²) in [6.45, 7) is 0.368. The van der Waals surface area contributed by atoms with E-state index >= 15 is 0 Å². The number of benzene rings is 2. The zero-order valence-electron chi connectivity index (χ0n) is 13.8. The van der Waals surface area contributed by atoms with Crippen LogP contribution in [0.3, 0.4) is 0 Å². The van der Waals surface area contributed by atoms with Crippen molar-refractivity contribution in [1.29, 1.82) is 0 Å². The normalized spacial score (nSPS) is 11.4. The summed E-state index contributed by atoms with van der Waals surface area (Å²) in [4.78, 5) is 23.2. The summed E-state index contributed by atoms with van der Waals surface area (Å²) in [5.41, 5.74) is 1.72. The Morgan fingerprint density at radius 1 is 0.880 bits per heavy atom. The Kier molecular flexibility index (Phi) is 7.46. The number of amides is 1. The van der Waals surface area contributed by atoms with E-state index in [1.165, 1.54) is 0 Å². The molecule has 0 radical (unpaired) electrons. The van der Waals surface area contributed by atoms with Gasteiger partial charge in [-0.1, -0.05) is 60.7 Å². The number of carbonyl (C=O) groups excluding carboxylic acids is 2. The van der Waals surface area contributed by atoms with Crippen LogP contribution in [-0.2, 0) is 27.5 Å². The van der Waals surface area contributed by atoms with Gasteiger partial charge in [-0.25, -0.2) is 9.59 Å². The predicted octanol–water partition coefficient (Wildman–Crippen LogP) is 2.41. The van der Waals surface area contributed by atoms with Crippen molar-refractivity contribution in [1.82, 2.24) is 5.32 Å². The molecule has 2 aromatic carbocycles. The summed E-state index contributed by atoms with van der Waals surface area (Å²) < 4.78 is 10.0. The second kappa shape index (κ2) is 10.1. The predicted molar refractivity (Wildman–Crippen MR) is 91.5 cm³/mol. The van der Waals surface area contributed by atoms with E-state index in [2.05, 4.69) is 5.32 Å². The van der Waals surface area contributed by atoms with Gasteiger partial charge in [0, 0.05) is 13.0 Å². The Hall–Kier alpha value is -2.86. The van der Waals surface area contributed by atoms with Crippen molar-refractivity contribution < 1.29 is 24.2 Å². The third kappa shape index (κ3) is 7.05. The van der Waals surface area contributed by atoms with Crippen LogP contribution in [0.4, 0.5) is 4.79 Å². The minimum absolute atomic E-state index is 0.0497. The van der Waals surface area contributed by atoms with E-state index in [9.17, 15) is 14.7 Å². The van der Waals surface area contributed by atoms with Crippen molar-refractivity contribution in [3.05, 3.63) is 71.8 Å². The highest BCUT2D eigenvalue weighted by atomic mass is 16.6. The molecule has 0 heterocycles. The van der Waals surface area contributed by atoms with Crippen molar-refractivity contribution in [2.45, 2.75) is 25.7 Å². The molecule has 6 nitrogen and oxygen atoms in total. The molecule has 1 amide bonds. The molecule has 25 heavy (non-hydrogen) atoms. The van der Waals surface area contributed by atoms with Crippen LogP contribution in [-0.4, -0.2) is 29.8 Å². The number of carbonyl (C=O) groups is 2.